The molecule has 0 aliphatic carbocycles. The number of benzene rings is 2. The topological polar surface area (TPSA) is 0 Å². The minimum Gasteiger partial charge on any atom is -0.168 e. The normalized spacial score (nSPS) is 9.20. The molecule has 4 aromatic rings. The van der Waals surface area contributed by atoms with Crippen LogP contribution in [-0.2, 0) is 26.2 Å². The molecule has 0 spiro atoms. The summed E-state index contributed by atoms with van der Waals surface area (Å²) in [5.74, 6) is 0. The Morgan fingerprint density at radius 1 is 0.550 bits per heavy atom. The molecular formula is C19H18Zr. The first kappa shape index (κ1) is 16.6. The molecule has 0 fully saturated rings. The molecule has 0 radical (unpaired) electrons. The zero-order valence-corrected chi connectivity index (χ0v) is 13.0. The maximum absolute atomic E-state index is 2.12. The van der Waals surface area contributed by atoms with Crippen LogP contribution in [0.25, 0.3) is 21.5 Å². The minimum atomic E-state index is 0. The number of rotatable bonds is 0. The number of fused-ring (bicyclic) bond motifs is 2. The Morgan fingerprint density at radius 3 is 1.35 bits per heavy atom. The fourth-order valence-corrected chi connectivity index (χ4v) is 2.14. The van der Waals surface area contributed by atoms with Gasteiger partial charge in [0.05, 0.1) is 0 Å². The van der Waals surface area contributed by atoms with Crippen molar-refractivity contribution in [1.82, 2.24) is 0 Å². The molecule has 98 valence electrons. The zero-order chi connectivity index (χ0) is 12.2. The molecule has 0 heterocycles. The van der Waals surface area contributed by atoms with E-state index in [4.69, 9.17) is 0 Å². The van der Waals surface area contributed by atoms with Crippen LogP contribution in [0.5, 0.6) is 0 Å². The molecule has 0 bridgehead atoms. The molecule has 0 saturated carbocycles. The molecule has 0 saturated heterocycles. The van der Waals surface area contributed by atoms with Gasteiger partial charge in [0.15, 0.2) is 0 Å². The van der Waals surface area contributed by atoms with E-state index in [2.05, 4.69) is 84.9 Å². The Morgan fingerprint density at radius 2 is 0.950 bits per heavy atom. The first-order valence-electron chi connectivity index (χ1n) is 6.14. The third-order valence-electron chi connectivity index (χ3n) is 3.10. The van der Waals surface area contributed by atoms with Gasteiger partial charge in [0.25, 0.3) is 0 Å². The van der Waals surface area contributed by atoms with E-state index in [0.29, 0.717) is 0 Å². The fourth-order valence-electron chi connectivity index (χ4n) is 2.14. The number of hydrogen-bond donors (Lipinski definition) is 0. The average molecular weight is 338 g/mol. The maximum atomic E-state index is 2.12. The van der Waals surface area contributed by atoms with Crippen LogP contribution in [-0.4, -0.2) is 0 Å². The van der Waals surface area contributed by atoms with Gasteiger partial charge >= 0.3 is 26.2 Å². The second kappa shape index (κ2) is 7.97. The smallest absolute Gasteiger partial charge is 0.168 e. The van der Waals surface area contributed by atoms with Gasteiger partial charge in [-0.05, 0) is 0 Å². The second-order valence-electron chi connectivity index (χ2n) is 4.31. The van der Waals surface area contributed by atoms with Crippen molar-refractivity contribution in [3.63, 3.8) is 0 Å². The molecule has 0 nitrogen and oxygen atoms in total. The average Bonchev–Trinajstić information content (AvgIpc) is 3.08. The van der Waals surface area contributed by atoms with Crippen molar-refractivity contribution in [3.8, 4) is 0 Å². The Balaban J connectivity index is 0.000000182. The van der Waals surface area contributed by atoms with Gasteiger partial charge in [0, 0.05) is 0 Å². The quantitative estimate of drug-likeness (QED) is 0.358. The van der Waals surface area contributed by atoms with Gasteiger partial charge in [-0.3, -0.25) is 0 Å². The first-order chi connectivity index (χ1) is 8.93. The van der Waals surface area contributed by atoms with Crippen LogP contribution < -0.4 is 0 Å². The van der Waals surface area contributed by atoms with E-state index >= 15 is 0 Å². The predicted octanol–water partition coefficient (Wildman–Crippen LogP) is 5.75. The van der Waals surface area contributed by atoms with Crippen LogP contribution in [0, 0.1) is 0 Å². The van der Waals surface area contributed by atoms with Crippen molar-refractivity contribution in [2.24, 2.45) is 0 Å². The van der Waals surface area contributed by atoms with Crippen molar-refractivity contribution in [1.29, 1.82) is 0 Å². The van der Waals surface area contributed by atoms with E-state index in [-0.39, 0.29) is 33.6 Å². The molecular weight excluding hydrogens is 319 g/mol. The summed E-state index contributed by atoms with van der Waals surface area (Å²) in [4.78, 5) is 0. The Kier molecular flexibility index (Phi) is 6.61. The van der Waals surface area contributed by atoms with Gasteiger partial charge in [0.2, 0.25) is 0 Å². The van der Waals surface area contributed by atoms with Gasteiger partial charge in [0.1, 0.15) is 0 Å². The maximum Gasteiger partial charge on any atom is 2.00 e. The van der Waals surface area contributed by atoms with Crippen LogP contribution in [0.3, 0.4) is 0 Å². The van der Waals surface area contributed by atoms with Gasteiger partial charge in [-0.15, -0.1) is 59.3 Å². The van der Waals surface area contributed by atoms with Crippen LogP contribution in [0.2, 0.25) is 0 Å². The van der Waals surface area contributed by atoms with E-state index < -0.39 is 0 Å². The van der Waals surface area contributed by atoms with Gasteiger partial charge in [-0.2, -0.15) is 35.0 Å². The summed E-state index contributed by atoms with van der Waals surface area (Å²) in [5.41, 5.74) is 0. The summed E-state index contributed by atoms with van der Waals surface area (Å²) in [7, 11) is 0. The molecule has 4 aromatic carbocycles. The largest absolute Gasteiger partial charge is 2.00 e. The third kappa shape index (κ3) is 3.77. The van der Waals surface area contributed by atoms with Crippen LogP contribution in [0.15, 0.2) is 84.9 Å². The molecule has 0 aromatic heterocycles. The number of hydrogen-bond acceptors (Lipinski definition) is 0. The van der Waals surface area contributed by atoms with Crippen LogP contribution in [0.4, 0.5) is 0 Å². The second-order valence-corrected chi connectivity index (χ2v) is 4.31. The third-order valence-corrected chi connectivity index (χ3v) is 3.10. The summed E-state index contributed by atoms with van der Waals surface area (Å²) in [6.45, 7) is 0. The Bertz CT molecular complexity index is 620. The Hall–Kier alpha value is -1.46. The first-order valence-corrected chi connectivity index (χ1v) is 6.14. The SMILES string of the molecule is C.[Zr+2].c1ccc2[cH-]ccc2c1.c1ccc2[cH-]ccc2c1. The van der Waals surface area contributed by atoms with Gasteiger partial charge in [-0.25, -0.2) is 0 Å². The summed E-state index contributed by atoms with van der Waals surface area (Å²) < 4.78 is 0. The minimum absolute atomic E-state index is 0. The molecule has 0 atom stereocenters. The molecule has 0 aliphatic heterocycles. The fraction of sp³-hybridized carbons (Fsp3) is 0.0526. The van der Waals surface area contributed by atoms with Crippen molar-refractivity contribution in [3.05, 3.63) is 84.9 Å². The van der Waals surface area contributed by atoms with Crippen molar-refractivity contribution in [2.45, 2.75) is 7.43 Å². The molecule has 0 aliphatic rings. The molecule has 0 N–H and O–H groups in total. The molecule has 0 amide bonds. The van der Waals surface area contributed by atoms with E-state index in [1.165, 1.54) is 21.5 Å². The van der Waals surface area contributed by atoms with E-state index in [0.717, 1.165) is 0 Å². The molecule has 4 rings (SSSR count). The van der Waals surface area contributed by atoms with Crippen molar-refractivity contribution in [2.75, 3.05) is 0 Å². The standard InChI is InChI=1S/2C9H7.CH4.Zr/c2*1-2-5-9-7-3-6-8(9)4-1;;/h2*1-7H;1H4;/q2*-1;;+2. The van der Waals surface area contributed by atoms with E-state index in [1.807, 2.05) is 0 Å². The molecule has 20 heavy (non-hydrogen) atoms. The summed E-state index contributed by atoms with van der Waals surface area (Å²) >= 11 is 0. The van der Waals surface area contributed by atoms with Crippen LogP contribution >= 0.6 is 0 Å². The zero-order valence-electron chi connectivity index (χ0n) is 10.6. The van der Waals surface area contributed by atoms with Crippen molar-refractivity contribution < 1.29 is 26.2 Å². The Labute approximate surface area is 139 Å². The monoisotopic (exact) mass is 336 g/mol. The van der Waals surface area contributed by atoms with Gasteiger partial charge in [-0.1, -0.05) is 19.6 Å². The summed E-state index contributed by atoms with van der Waals surface area (Å²) in [6, 6.07) is 29.3. The van der Waals surface area contributed by atoms with Gasteiger partial charge < -0.3 is 0 Å². The van der Waals surface area contributed by atoms with E-state index in [9.17, 15) is 0 Å². The van der Waals surface area contributed by atoms with E-state index in [1.54, 1.807) is 0 Å². The molecule has 0 unspecified atom stereocenters. The van der Waals surface area contributed by atoms with Crippen LogP contribution in [0.1, 0.15) is 7.43 Å². The summed E-state index contributed by atoms with van der Waals surface area (Å²) in [5, 5.41) is 5.32. The summed E-state index contributed by atoms with van der Waals surface area (Å²) in [6.07, 6.45) is 0. The molecule has 1 heteroatoms. The van der Waals surface area contributed by atoms with Crippen molar-refractivity contribution >= 4 is 21.5 Å². The predicted molar refractivity (Wildman–Crippen MR) is 85.8 cm³/mol.